The van der Waals surface area contributed by atoms with Gasteiger partial charge in [-0.05, 0) is 30.3 Å². The molecule has 5 heteroatoms. The van der Waals surface area contributed by atoms with Crippen LogP contribution in [0.15, 0.2) is 47.1 Å². The lowest BCUT2D eigenvalue weighted by Crippen LogP contribution is -2.18. The highest BCUT2D eigenvalue weighted by Crippen LogP contribution is 2.16. The maximum absolute atomic E-state index is 12.2. The van der Waals surface area contributed by atoms with Gasteiger partial charge in [-0.3, -0.25) is 4.79 Å². The molecule has 0 aliphatic heterocycles. The number of amides is 1. The minimum absolute atomic E-state index is 0.126. The minimum Gasteiger partial charge on any atom is -0.383 e. The zero-order chi connectivity index (χ0) is 13.7. The van der Waals surface area contributed by atoms with Gasteiger partial charge in [0.2, 0.25) is 0 Å². The van der Waals surface area contributed by atoms with E-state index in [1.54, 1.807) is 13.2 Å². The second-order valence-corrected chi connectivity index (χ2v) is 4.96. The number of halogens is 1. The molecular formula is C14H15BrN2O2. The first kappa shape index (κ1) is 13.8. The highest BCUT2D eigenvalue weighted by atomic mass is 79.9. The molecular weight excluding hydrogens is 308 g/mol. The van der Waals surface area contributed by atoms with Crippen LogP contribution in [0.3, 0.4) is 0 Å². The van der Waals surface area contributed by atoms with E-state index < -0.39 is 0 Å². The van der Waals surface area contributed by atoms with Crippen LogP contribution in [0.2, 0.25) is 0 Å². The Morgan fingerprint density at radius 2 is 2.21 bits per heavy atom. The van der Waals surface area contributed by atoms with Gasteiger partial charge in [0.15, 0.2) is 0 Å². The molecule has 1 N–H and O–H groups in total. The Labute approximate surface area is 120 Å². The molecule has 4 nitrogen and oxygen atoms in total. The summed E-state index contributed by atoms with van der Waals surface area (Å²) in [7, 11) is 1.64. The lowest BCUT2D eigenvalue weighted by molar-refractivity contribution is 0.101. The van der Waals surface area contributed by atoms with Crippen LogP contribution >= 0.6 is 15.9 Å². The zero-order valence-electron chi connectivity index (χ0n) is 10.6. The number of nitrogens with zero attached hydrogens (tertiary/aromatic N) is 1. The van der Waals surface area contributed by atoms with E-state index in [1.165, 1.54) is 0 Å². The maximum Gasteiger partial charge on any atom is 0.272 e. The Bertz CT molecular complexity index is 566. The molecule has 0 fully saturated rings. The Morgan fingerprint density at radius 1 is 1.37 bits per heavy atom. The summed E-state index contributed by atoms with van der Waals surface area (Å²) in [6, 6.07) is 11.2. The van der Waals surface area contributed by atoms with Crippen LogP contribution in [0.1, 0.15) is 10.5 Å². The van der Waals surface area contributed by atoms with Crippen molar-refractivity contribution in [1.29, 1.82) is 0 Å². The van der Waals surface area contributed by atoms with E-state index in [-0.39, 0.29) is 5.91 Å². The van der Waals surface area contributed by atoms with Crippen LogP contribution in [0.4, 0.5) is 5.69 Å². The van der Waals surface area contributed by atoms with Crippen molar-refractivity contribution in [3.63, 3.8) is 0 Å². The monoisotopic (exact) mass is 322 g/mol. The Morgan fingerprint density at radius 3 is 2.95 bits per heavy atom. The molecule has 1 heterocycles. The summed E-state index contributed by atoms with van der Waals surface area (Å²) in [5.74, 6) is -0.126. The summed E-state index contributed by atoms with van der Waals surface area (Å²) < 4.78 is 7.83. The summed E-state index contributed by atoms with van der Waals surface area (Å²) in [6.45, 7) is 1.23. The van der Waals surface area contributed by atoms with E-state index in [2.05, 4.69) is 21.2 Å². The van der Waals surface area contributed by atoms with E-state index in [9.17, 15) is 4.79 Å². The van der Waals surface area contributed by atoms with Crippen LogP contribution in [-0.4, -0.2) is 24.2 Å². The molecule has 1 amide bonds. The zero-order valence-corrected chi connectivity index (χ0v) is 12.2. The highest BCUT2D eigenvalue weighted by Gasteiger charge is 2.10. The molecule has 0 radical (unpaired) electrons. The third kappa shape index (κ3) is 3.68. The van der Waals surface area contributed by atoms with Crippen molar-refractivity contribution in [3.8, 4) is 0 Å². The smallest absolute Gasteiger partial charge is 0.272 e. The summed E-state index contributed by atoms with van der Waals surface area (Å²) in [6.07, 6.45) is 1.87. The SMILES string of the molecule is COCCn1cccc1C(=O)Nc1cccc(Br)c1. The fourth-order valence-corrected chi connectivity index (χ4v) is 2.17. The van der Waals surface area contributed by atoms with E-state index in [0.717, 1.165) is 10.2 Å². The van der Waals surface area contributed by atoms with Gasteiger partial charge in [-0.1, -0.05) is 22.0 Å². The van der Waals surface area contributed by atoms with Crippen molar-refractivity contribution in [3.05, 3.63) is 52.8 Å². The quantitative estimate of drug-likeness (QED) is 0.918. The van der Waals surface area contributed by atoms with Crippen molar-refractivity contribution in [2.24, 2.45) is 0 Å². The summed E-state index contributed by atoms with van der Waals surface area (Å²) in [5, 5.41) is 2.87. The number of anilines is 1. The number of benzene rings is 1. The van der Waals surface area contributed by atoms with Gasteiger partial charge in [0.1, 0.15) is 5.69 Å². The van der Waals surface area contributed by atoms with Gasteiger partial charge < -0.3 is 14.6 Å². The highest BCUT2D eigenvalue weighted by molar-refractivity contribution is 9.10. The fraction of sp³-hybridized carbons (Fsp3) is 0.214. The number of hydrogen-bond donors (Lipinski definition) is 1. The normalized spacial score (nSPS) is 10.4. The fourth-order valence-electron chi connectivity index (χ4n) is 1.77. The predicted octanol–water partition coefficient (Wildman–Crippen LogP) is 3.15. The molecule has 100 valence electrons. The number of carbonyl (C=O) groups excluding carboxylic acids is 1. The summed E-state index contributed by atoms with van der Waals surface area (Å²) in [5.41, 5.74) is 1.39. The second-order valence-electron chi connectivity index (χ2n) is 4.04. The van der Waals surface area contributed by atoms with E-state index >= 15 is 0 Å². The number of methoxy groups -OCH3 is 1. The van der Waals surface area contributed by atoms with Crippen molar-refractivity contribution in [2.45, 2.75) is 6.54 Å². The first-order valence-electron chi connectivity index (χ1n) is 5.91. The van der Waals surface area contributed by atoms with Gasteiger partial charge in [-0.15, -0.1) is 0 Å². The molecule has 1 aromatic heterocycles. The lowest BCUT2D eigenvalue weighted by Gasteiger charge is -2.09. The Hall–Kier alpha value is -1.59. The standard InChI is InChI=1S/C14H15BrN2O2/c1-19-9-8-17-7-3-6-13(17)14(18)16-12-5-2-4-11(15)10-12/h2-7,10H,8-9H2,1H3,(H,16,18). The summed E-state index contributed by atoms with van der Waals surface area (Å²) in [4.78, 5) is 12.2. The molecule has 0 saturated carbocycles. The van der Waals surface area contributed by atoms with E-state index in [0.29, 0.717) is 18.8 Å². The molecule has 0 saturated heterocycles. The number of rotatable bonds is 5. The van der Waals surface area contributed by atoms with Crippen LogP contribution in [-0.2, 0) is 11.3 Å². The van der Waals surface area contributed by atoms with Crippen LogP contribution < -0.4 is 5.32 Å². The first-order chi connectivity index (χ1) is 9.20. The molecule has 0 bridgehead atoms. The number of carbonyl (C=O) groups is 1. The average Bonchev–Trinajstić information content (AvgIpc) is 2.84. The Balaban J connectivity index is 2.09. The minimum atomic E-state index is -0.126. The van der Waals surface area contributed by atoms with E-state index in [1.807, 2.05) is 41.1 Å². The van der Waals surface area contributed by atoms with Gasteiger partial charge in [0.05, 0.1) is 6.61 Å². The van der Waals surface area contributed by atoms with E-state index in [4.69, 9.17) is 4.74 Å². The van der Waals surface area contributed by atoms with Crippen molar-refractivity contribution in [2.75, 3.05) is 19.0 Å². The average molecular weight is 323 g/mol. The molecule has 0 spiro atoms. The molecule has 0 aliphatic rings. The number of nitrogens with one attached hydrogen (secondary N) is 1. The Kier molecular flexibility index (Phi) is 4.76. The van der Waals surface area contributed by atoms with Gasteiger partial charge in [0.25, 0.3) is 5.91 Å². The molecule has 2 aromatic rings. The first-order valence-corrected chi connectivity index (χ1v) is 6.71. The van der Waals surface area contributed by atoms with Gasteiger partial charge >= 0.3 is 0 Å². The number of hydrogen-bond acceptors (Lipinski definition) is 2. The van der Waals surface area contributed by atoms with Gasteiger partial charge in [-0.25, -0.2) is 0 Å². The molecule has 0 aliphatic carbocycles. The summed E-state index contributed by atoms with van der Waals surface area (Å²) >= 11 is 3.38. The molecule has 0 unspecified atom stereocenters. The molecule has 2 rings (SSSR count). The van der Waals surface area contributed by atoms with Crippen molar-refractivity contribution < 1.29 is 9.53 Å². The van der Waals surface area contributed by atoms with Crippen LogP contribution in [0.5, 0.6) is 0 Å². The third-order valence-electron chi connectivity index (χ3n) is 2.68. The third-order valence-corrected chi connectivity index (χ3v) is 3.17. The second kappa shape index (κ2) is 6.54. The molecule has 1 aromatic carbocycles. The number of ether oxygens (including phenoxy) is 1. The van der Waals surface area contributed by atoms with Gasteiger partial charge in [-0.2, -0.15) is 0 Å². The van der Waals surface area contributed by atoms with Crippen LogP contribution in [0.25, 0.3) is 0 Å². The lowest BCUT2D eigenvalue weighted by atomic mass is 10.3. The predicted molar refractivity (Wildman–Crippen MR) is 78.4 cm³/mol. The van der Waals surface area contributed by atoms with Gasteiger partial charge in [0, 0.05) is 30.0 Å². The number of aromatic nitrogens is 1. The molecule has 19 heavy (non-hydrogen) atoms. The van der Waals surface area contributed by atoms with Crippen LogP contribution in [0, 0.1) is 0 Å². The molecule has 0 atom stereocenters. The van der Waals surface area contributed by atoms with Crippen molar-refractivity contribution >= 4 is 27.5 Å². The maximum atomic E-state index is 12.2. The van der Waals surface area contributed by atoms with Crippen molar-refractivity contribution in [1.82, 2.24) is 4.57 Å². The largest absolute Gasteiger partial charge is 0.383 e. The topological polar surface area (TPSA) is 43.3 Å².